The van der Waals surface area contributed by atoms with Crippen LogP contribution in [0.2, 0.25) is 0 Å². The smallest absolute Gasteiger partial charge is 0.233 e. The second-order valence-electron chi connectivity index (χ2n) is 5.85. The average molecular weight is 368 g/mol. The zero-order valence-electron chi connectivity index (χ0n) is 14.6. The molecular weight excluding hydrogens is 348 g/mol. The van der Waals surface area contributed by atoms with Gasteiger partial charge in [-0.15, -0.1) is 10.2 Å². The molecule has 3 aromatic rings. The van der Waals surface area contributed by atoms with Gasteiger partial charge in [-0.05, 0) is 31.5 Å². The van der Waals surface area contributed by atoms with Crippen LogP contribution in [-0.4, -0.2) is 31.0 Å². The highest BCUT2D eigenvalue weighted by atomic mass is 32.2. The Bertz CT molecular complexity index is 878. The van der Waals surface area contributed by atoms with Crippen molar-refractivity contribution in [2.45, 2.75) is 30.8 Å². The molecule has 0 saturated heterocycles. The van der Waals surface area contributed by atoms with Crippen molar-refractivity contribution in [2.75, 3.05) is 5.84 Å². The number of thioether (sulfide) groups is 1. The van der Waals surface area contributed by atoms with Gasteiger partial charge in [-0.2, -0.15) is 0 Å². The molecule has 0 aliphatic carbocycles. The van der Waals surface area contributed by atoms with E-state index in [1.165, 1.54) is 22.0 Å². The summed E-state index contributed by atoms with van der Waals surface area (Å²) < 4.78 is 1.36. The minimum absolute atomic E-state index is 0.0852. The van der Waals surface area contributed by atoms with Crippen LogP contribution in [0.3, 0.4) is 0 Å². The first-order valence-electron chi connectivity index (χ1n) is 8.16. The molecule has 0 spiro atoms. The molecule has 7 nitrogen and oxygen atoms in total. The third-order valence-corrected chi connectivity index (χ3v) is 4.85. The number of aromatic nitrogens is 4. The SMILES string of the molecule is Cc1ccc(CNC(=O)C(C)Sc2nnc(-c3ccccn3)n2N)cc1. The third-order valence-electron chi connectivity index (χ3n) is 3.80. The van der Waals surface area contributed by atoms with E-state index < -0.39 is 0 Å². The summed E-state index contributed by atoms with van der Waals surface area (Å²) in [6.07, 6.45) is 1.66. The molecule has 0 saturated carbocycles. The van der Waals surface area contributed by atoms with E-state index in [2.05, 4.69) is 20.5 Å². The van der Waals surface area contributed by atoms with Gasteiger partial charge in [-0.25, -0.2) is 4.68 Å². The molecule has 1 amide bonds. The van der Waals surface area contributed by atoms with E-state index in [0.717, 1.165) is 5.56 Å². The fourth-order valence-electron chi connectivity index (χ4n) is 2.28. The van der Waals surface area contributed by atoms with Crippen LogP contribution < -0.4 is 11.2 Å². The Hall–Kier alpha value is -2.87. The van der Waals surface area contributed by atoms with Crippen molar-refractivity contribution in [2.24, 2.45) is 0 Å². The lowest BCUT2D eigenvalue weighted by molar-refractivity contribution is -0.120. The summed E-state index contributed by atoms with van der Waals surface area (Å²) in [7, 11) is 0. The highest BCUT2D eigenvalue weighted by Gasteiger charge is 2.20. The van der Waals surface area contributed by atoms with Crippen LogP contribution in [0.5, 0.6) is 0 Å². The van der Waals surface area contributed by atoms with Crippen LogP contribution in [0.4, 0.5) is 0 Å². The Labute approximate surface area is 156 Å². The van der Waals surface area contributed by atoms with Gasteiger partial charge < -0.3 is 11.2 Å². The number of benzene rings is 1. The molecule has 26 heavy (non-hydrogen) atoms. The fourth-order valence-corrected chi connectivity index (χ4v) is 3.07. The molecule has 0 fully saturated rings. The van der Waals surface area contributed by atoms with Gasteiger partial charge in [0.05, 0.1) is 5.25 Å². The first-order valence-corrected chi connectivity index (χ1v) is 9.04. The van der Waals surface area contributed by atoms with E-state index >= 15 is 0 Å². The first-order chi connectivity index (χ1) is 12.5. The number of nitrogens with one attached hydrogen (secondary N) is 1. The molecule has 1 atom stereocenters. The van der Waals surface area contributed by atoms with E-state index in [9.17, 15) is 4.79 Å². The Balaban J connectivity index is 1.61. The average Bonchev–Trinajstić information content (AvgIpc) is 3.02. The minimum Gasteiger partial charge on any atom is -0.351 e. The predicted molar refractivity (Wildman–Crippen MR) is 102 cm³/mol. The Morgan fingerprint density at radius 1 is 1.23 bits per heavy atom. The van der Waals surface area contributed by atoms with E-state index in [0.29, 0.717) is 23.2 Å². The van der Waals surface area contributed by atoms with E-state index in [1.807, 2.05) is 50.2 Å². The largest absolute Gasteiger partial charge is 0.351 e. The van der Waals surface area contributed by atoms with Crippen molar-refractivity contribution < 1.29 is 4.79 Å². The van der Waals surface area contributed by atoms with Crippen molar-refractivity contribution in [3.05, 3.63) is 59.8 Å². The zero-order chi connectivity index (χ0) is 18.5. The molecule has 0 bridgehead atoms. The van der Waals surface area contributed by atoms with Crippen LogP contribution in [0.15, 0.2) is 53.8 Å². The quantitative estimate of drug-likeness (QED) is 0.511. The van der Waals surface area contributed by atoms with Crippen molar-refractivity contribution in [1.82, 2.24) is 25.2 Å². The lowest BCUT2D eigenvalue weighted by Crippen LogP contribution is -2.30. The Morgan fingerprint density at radius 3 is 2.69 bits per heavy atom. The lowest BCUT2D eigenvalue weighted by Gasteiger charge is -2.11. The first kappa shape index (κ1) is 17.9. The molecule has 1 unspecified atom stereocenters. The summed E-state index contributed by atoms with van der Waals surface area (Å²) in [6, 6.07) is 13.5. The number of pyridine rings is 1. The molecule has 2 aromatic heterocycles. The molecule has 2 heterocycles. The maximum atomic E-state index is 12.3. The summed E-state index contributed by atoms with van der Waals surface area (Å²) in [5.74, 6) is 6.44. The summed E-state index contributed by atoms with van der Waals surface area (Å²) in [5, 5.41) is 11.2. The Kier molecular flexibility index (Phi) is 5.52. The maximum absolute atomic E-state index is 12.3. The van der Waals surface area contributed by atoms with Gasteiger partial charge in [-0.3, -0.25) is 9.78 Å². The minimum atomic E-state index is -0.358. The van der Waals surface area contributed by atoms with Crippen LogP contribution in [0, 0.1) is 6.92 Å². The summed E-state index contributed by atoms with van der Waals surface area (Å²) in [5.41, 5.74) is 2.88. The van der Waals surface area contributed by atoms with Gasteiger partial charge in [0.2, 0.25) is 16.9 Å². The van der Waals surface area contributed by atoms with Gasteiger partial charge in [0, 0.05) is 12.7 Å². The number of nitrogens with zero attached hydrogens (tertiary/aromatic N) is 4. The highest BCUT2D eigenvalue weighted by molar-refractivity contribution is 8.00. The standard InChI is InChI=1S/C18H20N6OS/c1-12-6-8-14(9-7-12)11-21-17(25)13(2)26-18-23-22-16(24(18)19)15-5-3-4-10-20-15/h3-10,13H,11,19H2,1-2H3,(H,21,25). The van der Waals surface area contributed by atoms with Crippen molar-refractivity contribution in [3.63, 3.8) is 0 Å². The molecule has 0 aliphatic heterocycles. The predicted octanol–water partition coefficient (Wildman–Crippen LogP) is 2.16. The highest BCUT2D eigenvalue weighted by Crippen LogP contribution is 2.23. The molecule has 3 N–H and O–H groups in total. The molecule has 1 aromatic carbocycles. The number of carbonyl (C=O) groups excluding carboxylic acids is 1. The molecular formula is C18H20N6OS. The van der Waals surface area contributed by atoms with Crippen LogP contribution in [0.1, 0.15) is 18.1 Å². The van der Waals surface area contributed by atoms with Crippen LogP contribution in [-0.2, 0) is 11.3 Å². The summed E-state index contributed by atoms with van der Waals surface area (Å²) in [4.78, 5) is 16.5. The van der Waals surface area contributed by atoms with Crippen molar-refractivity contribution >= 4 is 17.7 Å². The number of carbonyl (C=O) groups is 1. The van der Waals surface area contributed by atoms with Crippen LogP contribution >= 0.6 is 11.8 Å². The van der Waals surface area contributed by atoms with Crippen LogP contribution in [0.25, 0.3) is 11.5 Å². The number of aryl methyl sites for hydroxylation is 1. The summed E-state index contributed by atoms with van der Waals surface area (Å²) in [6.45, 7) is 4.33. The van der Waals surface area contributed by atoms with Gasteiger partial charge in [0.25, 0.3) is 0 Å². The zero-order valence-corrected chi connectivity index (χ0v) is 15.4. The number of rotatable bonds is 6. The lowest BCUT2D eigenvalue weighted by atomic mass is 10.1. The van der Waals surface area contributed by atoms with E-state index in [-0.39, 0.29) is 11.2 Å². The van der Waals surface area contributed by atoms with Crippen molar-refractivity contribution in [3.8, 4) is 11.5 Å². The van der Waals surface area contributed by atoms with E-state index in [4.69, 9.17) is 5.84 Å². The second-order valence-corrected chi connectivity index (χ2v) is 7.16. The number of hydrogen-bond acceptors (Lipinski definition) is 6. The summed E-state index contributed by atoms with van der Waals surface area (Å²) >= 11 is 1.26. The van der Waals surface area contributed by atoms with Crippen molar-refractivity contribution in [1.29, 1.82) is 0 Å². The van der Waals surface area contributed by atoms with Gasteiger partial charge in [-0.1, -0.05) is 47.7 Å². The monoisotopic (exact) mass is 368 g/mol. The Morgan fingerprint density at radius 2 is 2.00 bits per heavy atom. The topological polar surface area (TPSA) is 98.7 Å². The second kappa shape index (κ2) is 8.01. The molecule has 0 radical (unpaired) electrons. The molecule has 134 valence electrons. The molecule has 0 aliphatic rings. The van der Waals surface area contributed by atoms with E-state index in [1.54, 1.807) is 12.3 Å². The normalized spacial score (nSPS) is 11.9. The number of nitrogen functional groups attached to an aromatic ring is 1. The maximum Gasteiger partial charge on any atom is 0.233 e. The number of hydrogen-bond donors (Lipinski definition) is 2. The fraction of sp³-hybridized carbons (Fsp3) is 0.222. The molecule has 8 heteroatoms. The molecule has 3 rings (SSSR count). The van der Waals surface area contributed by atoms with Gasteiger partial charge >= 0.3 is 0 Å². The number of nitrogens with two attached hydrogens (primary N) is 1. The number of amides is 1. The third kappa shape index (κ3) is 4.20. The van der Waals surface area contributed by atoms with Gasteiger partial charge in [0.1, 0.15) is 5.69 Å². The van der Waals surface area contributed by atoms with Gasteiger partial charge in [0.15, 0.2) is 0 Å².